The van der Waals surface area contributed by atoms with Crippen molar-refractivity contribution in [1.29, 1.82) is 0 Å². The van der Waals surface area contributed by atoms with Crippen LogP contribution in [0.3, 0.4) is 0 Å². The standard InChI is InChI=1S/C14H20O3/c1-6-13(15)14(2,3)10-7-11(16-4)9-12(8-10)17-5/h7-9H,6H2,1-5H3. The first-order valence-electron chi connectivity index (χ1n) is 5.72. The first kappa shape index (κ1) is 13.6. The van der Waals surface area contributed by atoms with Crippen molar-refractivity contribution >= 4 is 5.78 Å². The van der Waals surface area contributed by atoms with E-state index < -0.39 is 5.41 Å². The number of ketones is 1. The van der Waals surface area contributed by atoms with Crippen molar-refractivity contribution in [3.05, 3.63) is 23.8 Å². The van der Waals surface area contributed by atoms with Gasteiger partial charge in [0, 0.05) is 17.9 Å². The third kappa shape index (κ3) is 2.78. The topological polar surface area (TPSA) is 35.5 Å². The molecule has 0 aromatic heterocycles. The van der Waals surface area contributed by atoms with Crippen molar-refractivity contribution in [2.24, 2.45) is 0 Å². The lowest BCUT2D eigenvalue weighted by Crippen LogP contribution is -2.28. The largest absolute Gasteiger partial charge is 0.497 e. The van der Waals surface area contributed by atoms with Crippen molar-refractivity contribution in [2.75, 3.05) is 14.2 Å². The zero-order valence-electron chi connectivity index (χ0n) is 11.2. The van der Waals surface area contributed by atoms with Crippen LogP contribution in [0, 0.1) is 0 Å². The van der Waals surface area contributed by atoms with E-state index in [1.807, 2.05) is 32.9 Å². The Bertz CT molecular complexity index is 386. The highest BCUT2D eigenvalue weighted by molar-refractivity contribution is 5.89. The summed E-state index contributed by atoms with van der Waals surface area (Å²) in [6.45, 7) is 5.72. The van der Waals surface area contributed by atoms with Crippen LogP contribution in [-0.4, -0.2) is 20.0 Å². The number of benzene rings is 1. The Kier molecular flexibility index (Phi) is 4.16. The zero-order chi connectivity index (χ0) is 13.1. The van der Waals surface area contributed by atoms with Gasteiger partial charge in [0.2, 0.25) is 0 Å². The lowest BCUT2D eigenvalue weighted by molar-refractivity contribution is -0.123. The molecule has 0 spiro atoms. The van der Waals surface area contributed by atoms with Gasteiger partial charge in [-0.1, -0.05) is 6.92 Å². The Balaban J connectivity index is 3.25. The molecule has 0 aliphatic carbocycles. The fourth-order valence-electron chi connectivity index (χ4n) is 1.77. The van der Waals surface area contributed by atoms with Crippen LogP contribution in [-0.2, 0) is 10.2 Å². The van der Waals surface area contributed by atoms with E-state index in [1.54, 1.807) is 20.3 Å². The molecule has 94 valence electrons. The number of hydrogen-bond acceptors (Lipinski definition) is 3. The second-order valence-corrected chi connectivity index (χ2v) is 4.50. The second-order valence-electron chi connectivity index (χ2n) is 4.50. The average Bonchev–Trinajstić information content (AvgIpc) is 2.36. The monoisotopic (exact) mass is 236 g/mol. The second kappa shape index (κ2) is 5.21. The molecule has 0 fully saturated rings. The van der Waals surface area contributed by atoms with Crippen molar-refractivity contribution in [3.8, 4) is 11.5 Å². The molecule has 0 saturated heterocycles. The summed E-state index contributed by atoms with van der Waals surface area (Å²) in [6.07, 6.45) is 0.520. The number of methoxy groups -OCH3 is 2. The normalized spacial score (nSPS) is 11.1. The molecule has 0 aliphatic rings. The molecule has 0 atom stereocenters. The Morgan fingerprint density at radius 2 is 1.59 bits per heavy atom. The minimum Gasteiger partial charge on any atom is -0.497 e. The third-order valence-corrected chi connectivity index (χ3v) is 3.09. The van der Waals surface area contributed by atoms with Gasteiger partial charge >= 0.3 is 0 Å². The number of carbonyl (C=O) groups excluding carboxylic acids is 1. The first-order chi connectivity index (χ1) is 7.95. The summed E-state index contributed by atoms with van der Waals surface area (Å²) in [7, 11) is 3.21. The molecule has 1 aromatic rings. The lowest BCUT2D eigenvalue weighted by Gasteiger charge is -2.24. The van der Waals surface area contributed by atoms with Gasteiger partial charge in [0.25, 0.3) is 0 Å². The molecule has 0 saturated carbocycles. The molecule has 1 aromatic carbocycles. The van der Waals surface area contributed by atoms with Crippen molar-refractivity contribution < 1.29 is 14.3 Å². The number of rotatable bonds is 5. The summed E-state index contributed by atoms with van der Waals surface area (Å²) < 4.78 is 10.4. The number of carbonyl (C=O) groups is 1. The van der Waals surface area contributed by atoms with Gasteiger partial charge in [0.15, 0.2) is 0 Å². The van der Waals surface area contributed by atoms with E-state index in [1.165, 1.54) is 0 Å². The minimum absolute atomic E-state index is 0.202. The molecule has 0 amide bonds. The van der Waals surface area contributed by atoms with Gasteiger partial charge in [-0.2, -0.15) is 0 Å². The van der Waals surface area contributed by atoms with E-state index in [9.17, 15) is 4.79 Å². The molecular weight excluding hydrogens is 216 g/mol. The van der Waals surface area contributed by atoms with Gasteiger partial charge in [0.1, 0.15) is 17.3 Å². The molecule has 0 heterocycles. The van der Waals surface area contributed by atoms with Crippen LogP contribution in [0.4, 0.5) is 0 Å². The third-order valence-electron chi connectivity index (χ3n) is 3.09. The van der Waals surface area contributed by atoms with Crippen LogP contribution in [0.2, 0.25) is 0 Å². The highest BCUT2D eigenvalue weighted by atomic mass is 16.5. The fourth-order valence-corrected chi connectivity index (χ4v) is 1.77. The van der Waals surface area contributed by atoms with E-state index in [-0.39, 0.29) is 5.78 Å². The smallest absolute Gasteiger partial charge is 0.142 e. The van der Waals surface area contributed by atoms with Gasteiger partial charge in [0.05, 0.1) is 14.2 Å². The van der Waals surface area contributed by atoms with E-state index in [0.29, 0.717) is 17.9 Å². The average molecular weight is 236 g/mol. The van der Waals surface area contributed by atoms with Crippen molar-refractivity contribution in [3.63, 3.8) is 0 Å². The summed E-state index contributed by atoms with van der Waals surface area (Å²) in [5, 5.41) is 0. The molecule has 0 unspecified atom stereocenters. The SMILES string of the molecule is CCC(=O)C(C)(C)c1cc(OC)cc(OC)c1. The molecule has 0 N–H and O–H groups in total. The van der Waals surface area contributed by atoms with Gasteiger partial charge in [-0.25, -0.2) is 0 Å². The van der Waals surface area contributed by atoms with E-state index in [2.05, 4.69) is 0 Å². The van der Waals surface area contributed by atoms with Crippen molar-refractivity contribution in [2.45, 2.75) is 32.6 Å². The maximum absolute atomic E-state index is 12.0. The number of Topliss-reactive ketones (excluding diaryl/α,β-unsaturated/α-hetero) is 1. The molecular formula is C14H20O3. The molecule has 17 heavy (non-hydrogen) atoms. The Morgan fingerprint density at radius 3 is 1.94 bits per heavy atom. The summed E-state index contributed by atoms with van der Waals surface area (Å²) in [6, 6.07) is 5.57. The van der Waals surface area contributed by atoms with Gasteiger partial charge in [-0.15, -0.1) is 0 Å². The number of hydrogen-bond donors (Lipinski definition) is 0. The highest BCUT2D eigenvalue weighted by Crippen LogP contribution is 2.32. The highest BCUT2D eigenvalue weighted by Gasteiger charge is 2.29. The van der Waals surface area contributed by atoms with Crippen LogP contribution in [0.5, 0.6) is 11.5 Å². The van der Waals surface area contributed by atoms with E-state index >= 15 is 0 Å². The minimum atomic E-state index is -0.517. The molecule has 3 nitrogen and oxygen atoms in total. The van der Waals surface area contributed by atoms with Crippen LogP contribution in [0.25, 0.3) is 0 Å². The Hall–Kier alpha value is -1.51. The summed E-state index contributed by atoms with van der Waals surface area (Å²) >= 11 is 0. The number of ether oxygens (including phenoxy) is 2. The first-order valence-corrected chi connectivity index (χ1v) is 5.72. The summed E-state index contributed by atoms with van der Waals surface area (Å²) in [4.78, 5) is 12.0. The van der Waals surface area contributed by atoms with E-state index in [4.69, 9.17) is 9.47 Å². The molecule has 0 radical (unpaired) electrons. The van der Waals surface area contributed by atoms with Crippen LogP contribution < -0.4 is 9.47 Å². The Labute approximate surface area is 103 Å². The van der Waals surface area contributed by atoms with Crippen LogP contribution in [0.15, 0.2) is 18.2 Å². The summed E-state index contributed by atoms with van der Waals surface area (Å²) in [5.74, 6) is 1.61. The predicted octanol–water partition coefficient (Wildman–Crippen LogP) is 2.96. The maximum atomic E-state index is 12.0. The van der Waals surface area contributed by atoms with Crippen molar-refractivity contribution in [1.82, 2.24) is 0 Å². The molecule has 1 rings (SSSR count). The molecule has 0 aliphatic heterocycles. The lowest BCUT2D eigenvalue weighted by atomic mass is 9.79. The van der Waals surface area contributed by atoms with Gasteiger partial charge in [-0.3, -0.25) is 4.79 Å². The summed E-state index contributed by atoms with van der Waals surface area (Å²) in [5.41, 5.74) is 0.400. The van der Waals surface area contributed by atoms with Crippen LogP contribution >= 0.6 is 0 Å². The maximum Gasteiger partial charge on any atom is 0.142 e. The van der Waals surface area contributed by atoms with Crippen LogP contribution in [0.1, 0.15) is 32.8 Å². The quantitative estimate of drug-likeness (QED) is 0.788. The zero-order valence-corrected chi connectivity index (χ0v) is 11.2. The molecule has 3 heteroatoms. The van der Waals surface area contributed by atoms with E-state index in [0.717, 1.165) is 5.56 Å². The fraction of sp³-hybridized carbons (Fsp3) is 0.500. The Morgan fingerprint density at radius 1 is 1.12 bits per heavy atom. The van der Waals surface area contributed by atoms with Gasteiger partial charge < -0.3 is 9.47 Å². The molecule has 0 bridgehead atoms. The predicted molar refractivity (Wildman–Crippen MR) is 67.9 cm³/mol. The van der Waals surface area contributed by atoms with Gasteiger partial charge in [-0.05, 0) is 31.5 Å².